The van der Waals surface area contributed by atoms with Crippen molar-refractivity contribution in [1.29, 1.82) is 0 Å². The van der Waals surface area contributed by atoms with Crippen molar-refractivity contribution in [3.63, 3.8) is 0 Å². The molecule has 1 saturated heterocycles. The summed E-state index contributed by atoms with van der Waals surface area (Å²) in [7, 11) is 1.39. The Hall–Kier alpha value is -3.30. The maximum atomic E-state index is 13.3. The van der Waals surface area contributed by atoms with Crippen LogP contribution in [0.4, 0.5) is 0 Å². The van der Waals surface area contributed by atoms with E-state index in [1.807, 2.05) is 55.5 Å². The van der Waals surface area contributed by atoms with Crippen molar-refractivity contribution in [3.8, 4) is 22.6 Å². The smallest absolute Gasteiger partial charge is 0.344 e. The van der Waals surface area contributed by atoms with Gasteiger partial charge in [-0.15, -0.1) is 4.33 Å². The van der Waals surface area contributed by atoms with Crippen LogP contribution in [0.25, 0.3) is 22.1 Å². The number of fused-ring (bicyclic) bond motifs is 1. The van der Waals surface area contributed by atoms with Crippen molar-refractivity contribution in [2.75, 3.05) is 33.4 Å². The first-order chi connectivity index (χ1) is 19.1. The lowest BCUT2D eigenvalue weighted by atomic mass is 9.93. The Morgan fingerprint density at radius 1 is 0.923 bits per heavy atom. The molecule has 7 nitrogen and oxygen atoms in total. The fraction of sp³-hybridized carbons (Fsp3) is 0.323. The molecule has 1 fully saturated rings. The van der Waals surface area contributed by atoms with Gasteiger partial charge in [0.05, 0.1) is 12.7 Å². The zero-order valence-electron chi connectivity index (χ0n) is 22.3. The maximum Gasteiger partial charge on any atom is 0.344 e. The molecule has 0 radical (unpaired) electrons. The average Bonchev–Trinajstić information content (AvgIpc) is 2.95. The van der Waals surface area contributed by atoms with Crippen molar-refractivity contribution in [2.24, 2.45) is 0 Å². The molecular weight excluding hydrogens is 514 g/mol. The van der Waals surface area contributed by atoms with Gasteiger partial charge in [0.15, 0.2) is 0 Å². The summed E-state index contributed by atoms with van der Waals surface area (Å²) in [4.78, 5) is 20.3. The van der Waals surface area contributed by atoms with Crippen LogP contribution in [0.15, 0.2) is 75.9 Å². The van der Waals surface area contributed by atoms with Crippen molar-refractivity contribution in [2.45, 2.75) is 32.6 Å². The third-order valence-corrected chi connectivity index (χ3v) is 7.43. The summed E-state index contributed by atoms with van der Waals surface area (Å²) < 4.78 is 22.0. The molecule has 204 valence electrons. The Labute approximate surface area is 233 Å². The minimum Gasteiger partial charge on any atom is -0.492 e. The Morgan fingerprint density at radius 3 is 2.41 bits per heavy atom. The van der Waals surface area contributed by atoms with E-state index < -0.39 is 5.63 Å². The SMILES string of the molecule is COOSOc1ccc2c(Cc3ccc(OCCN4CCCCC4)cc3)c(-c3ccc(C)cc3)c(=O)oc2c1. The van der Waals surface area contributed by atoms with Crippen LogP contribution in [0, 0.1) is 6.92 Å². The normalized spacial score (nSPS) is 14.0. The van der Waals surface area contributed by atoms with Gasteiger partial charge in [-0.2, -0.15) is 0 Å². The molecule has 0 spiro atoms. The first-order valence-corrected chi connectivity index (χ1v) is 13.9. The summed E-state index contributed by atoms with van der Waals surface area (Å²) in [5.74, 6) is 1.33. The second-order valence-electron chi connectivity index (χ2n) is 9.72. The molecule has 0 unspecified atom stereocenters. The molecule has 39 heavy (non-hydrogen) atoms. The van der Waals surface area contributed by atoms with Crippen LogP contribution in [0.1, 0.15) is 36.0 Å². The Balaban J connectivity index is 1.41. The molecular formula is C31H33NO6S. The van der Waals surface area contributed by atoms with Gasteiger partial charge in [-0.25, -0.2) is 9.68 Å². The molecule has 1 aromatic heterocycles. The molecule has 1 aliphatic rings. The molecule has 2 heterocycles. The predicted molar refractivity (Wildman–Crippen MR) is 154 cm³/mol. The van der Waals surface area contributed by atoms with E-state index in [9.17, 15) is 4.79 Å². The molecule has 0 bridgehead atoms. The number of likely N-dealkylation sites (tertiary alicyclic amines) is 1. The zero-order chi connectivity index (χ0) is 27.0. The highest BCUT2D eigenvalue weighted by atomic mass is 32.2. The van der Waals surface area contributed by atoms with Gasteiger partial charge in [0.25, 0.3) is 12.3 Å². The number of nitrogens with zero attached hydrogens (tertiary/aromatic N) is 1. The van der Waals surface area contributed by atoms with Gasteiger partial charge in [-0.1, -0.05) is 48.4 Å². The minimum atomic E-state index is -0.392. The van der Waals surface area contributed by atoms with Crippen molar-refractivity contribution in [3.05, 3.63) is 93.8 Å². The van der Waals surface area contributed by atoms with Gasteiger partial charge in [0.2, 0.25) is 0 Å². The predicted octanol–water partition coefficient (Wildman–Crippen LogP) is 6.74. The second kappa shape index (κ2) is 13.2. The highest BCUT2D eigenvalue weighted by Gasteiger charge is 2.18. The first-order valence-electron chi connectivity index (χ1n) is 13.3. The van der Waals surface area contributed by atoms with Crippen LogP contribution in [0.2, 0.25) is 0 Å². The van der Waals surface area contributed by atoms with Crippen LogP contribution >= 0.6 is 12.3 Å². The van der Waals surface area contributed by atoms with Crippen LogP contribution in [0.3, 0.4) is 0 Å². The molecule has 0 aliphatic carbocycles. The second-order valence-corrected chi connectivity index (χ2v) is 10.2. The fourth-order valence-electron chi connectivity index (χ4n) is 4.96. The molecule has 0 saturated carbocycles. The number of hydrogen-bond donors (Lipinski definition) is 0. The zero-order valence-corrected chi connectivity index (χ0v) is 23.1. The van der Waals surface area contributed by atoms with Crippen molar-refractivity contribution >= 4 is 23.3 Å². The maximum absolute atomic E-state index is 13.3. The van der Waals surface area contributed by atoms with Crippen LogP contribution < -0.4 is 14.5 Å². The van der Waals surface area contributed by atoms with E-state index in [0.717, 1.165) is 53.0 Å². The first kappa shape index (κ1) is 27.3. The quantitative estimate of drug-likeness (QED) is 0.0672. The lowest BCUT2D eigenvalue weighted by Crippen LogP contribution is -2.33. The van der Waals surface area contributed by atoms with E-state index in [-0.39, 0.29) is 0 Å². The van der Waals surface area contributed by atoms with Gasteiger partial charge in [0, 0.05) is 18.0 Å². The fourth-order valence-corrected chi connectivity index (χ4v) is 5.22. The summed E-state index contributed by atoms with van der Waals surface area (Å²) in [6.45, 7) is 5.99. The number of aryl methyl sites for hydroxylation is 1. The van der Waals surface area contributed by atoms with Gasteiger partial charge in [-0.3, -0.25) is 4.90 Å². The van der Waals surface area contributed by atoms with E-state index in [4.69, 9.17) is 17.7 Å². The summed E-state index contributed by atoms with van der Waals surface area (Å²) >= 11 is 0.686. The Bertz CT molecular complexity index is 1430. The topological polar surface area (TPSA) is 70.4 Å². The van der Waals surface area contributed by atoms with Crippen molar-refractivity contribution in [1.82, 2.24) is 4.90 Å². The van der Waals surface area contributed by atoms with E-state index in [2.05, 4.69) is 21.9 Å². The summed E-state index contributed by atoms with van der Waals surface area (Å²) in [6, 6.07) is 21.5. The largest absolute Gasteiger partial charge is 0.492 e. The summed E-state index contributed by atoms with van der Waals surface area (Å²) in [6.07, 6.45) is 4.45. The Kier molecular flexibility index (Phi) is 9.21. The lowest BCUT2D eigenvalue weighted by Gasteiger charge is -2.26. The number of hydrogen-bond acceptors (Lipinski definition) is 8. The van der Waals surface area contributed by atoms with E-state index in [0.29, 0.717) is 42.2 Å². The van der Waals surface area contributed by atoms with Crippen LogP contribution in [-0.4, -0.2) is 38.3 Å². The molecule has 8 heteroatoms. The third kappa shape index (κ3) is 7.02. The van der Waals surface area contributed by atoms with E-state index >= 15 is 0 Å². The van der Waals surface area contributed by atoms with E-state index in [1.165, 1.54) is 26.4 Å². The third-order valence-electron chi connectivity index (χ3n) is 6.98. The van der Waals surface area contributed by atoms with Gasteiger partial charge >= 0.3 is 5.63 Å². The number of rotatable bonds is 11. The lowest BCUT2D eigenvalue weighted by molar-refractivity contribution is -0.164. The average molecular weight is 548 g/mol. The molecule has 5 rings (SSSR count). The number of piperidine rings is 1. The highest BCUT2D eigenvalue weighted by Crippen LogP contribution is 2.32. The van der Waals surface area contributed by atoms with Crippen molar-refractivity contribution < 1.29 is 22.6 Å². The van der Waals surface area contributed by atoms with Gasteiger partial charge < -0.3 is 13.3 Å². The molecule has 3 aromatic carbocycles. The number of benzene rings is 3. The van der Waals surface area contributed by atoms with Gasteiger partial charge in [-0.05, 0) is 80.2 Å². The standard InChI is InChI=1S/C31H33NO6S/c1-22-6-10-24(11-7-22)30-28(27-15-14-26(37-39-38-34-2)21-29(27)36-31(30)33)20-23-8-12-25(13-9-23)35-19-18-32-16-4-3-5-17-32/h6-15,21H,3-5,16-20H2,1-2H3. The van der Waals surface area contributed by atoms with Crippen LogP contribution in [-0.2, 0) is 15.6 Å². The molecule has 0 amide bonds. The molecule has 1 aliphatic heterocycles. The molecule has 0 N–H and O–H groups in total. The number of ether oxygens (including phenoxy) is 1. The molecule has 0 atom stereocenters. The summed E-state index contributed by atoms with van der Waals surface area (Å²) in [5.41, 5.74) is 4.54. The van der Waals surface area contributed by atoms with Crippen LogP contribution in [0.5, 0.6) is 11.5 Å². The van der Waals surface area contributed by atoms with Gasteiger partial charge in [0.1, 0.15) is 23.7 Å². The Morgan fingerprint density at radius 2 is 1.67 bits per heavy atom. The molecule has 4 aromatic rings. The summed E-state index contributed by atoms with van der Waals surface area (Å²) in [5, 5.41) is 0.844. The monoisotopic (exact) mass is 547 g/mol. The minimum absolute atomic E-state index is 0.392. The highest BCUT2D eigenvalue weighted by molar-refractivity contribution is 7.90. The van der Waals surface area contributed by atoms with E-state index in [1.54, 1.807) is 6.07 Å².